The van der Waals surface area contributed by atoms with Crippen LogP contribution in [0.25, 0.3) is 0 Å². The van der Waals surface area contributed by atoms with Crippen LogP contribution in [0.15, 0.2) is 58.8 Å². The van der Waals surface area contributed by atoms with Crippen LogP contribution in [0.2, 0.25) is 0 Å². The monoisotopic (exact) mass is 402 g/mol. The number of hydrogen-bond acceptors (Lipinski definition) is 5. The van der Waals surface area contributed by atoms with Crippen molar-refractivity contribution in [1.29, 1.82) is 0 Å². The highest BCUT2D eigenvalue weighted by atomic mass is 32.2. The smallest absolute Gasteiger partial charge is 0.295 e. The van der Waals surface area contributed by atoms with E-state index < -0.39 is 10.0 Å². The van der Waals surface area contributed by atoms with E-state index in [4.69, 9.17) is 0 Å². The third-order valence-electron chi connectivity index (χ3n) is 4.61. The molecule has 0 atom stereocenters. The van der Waals surface area contributed by atoms with Gasteiger partial charge in [-0.2, -0.15) is 9.41 Å². The first kappa shape index (κ1) is 20.1. The number of amides is 1. The van der Waals surface area contributed by atoms with Crippen molar-refractivity contribution in [2.75, 3.05) is 32.7 Å². The Morgan fingerprint density at radius 1 is 1.18 bits per heavy atom. The summed E-state index contributed by atoms with van der Waals surface area (Å²) in [6.45, 7) is 4.11. The molecule has 1 fully saturated rings. The van der Waals surface area contributed by atoms with Crippen LogP contribution in [0, 0.1) is 6.92 Å². The lowest BCUT2D eigenvalue weighted by Crippen LogP contribution is -3.15. The molecule has 2 aromatic rings. The van der Waals surface area contributed by atoms with Crippen LogP contribution in [0.1, 0.15) is 11.1 Å². The molecule has 2 N–H and O–H groups in total. The Kier molecular flexibility index (Phi) is 6.50. The number of aromatic nitrogens is 1. The Morgan fingerprint density at radius 2 is 1.82 bits per heavy atom. The molecule has 28 heavy (non-hydrogen) atoms. The molecule has 0 saturated carbocycles. The van der Waals surface area contributed by atoms with Crippen molar-refractivity contribution in [3.63, 3.8) is 0 Å². The first-order valence-electron chi connectivity index (χ1n) is 9.07. The second-order valence-electron chi connectivity index (χ2n) is 6.72. The SMILES string of the molecule is Cc1ccc(S(=O)(=O)N2CC[NH+](CC(=O)N/N=C/c3ccncc3)CC2)cc1. The molecule has 0 radical (unpaired) electrons. The number of nitrogens with zero attached hydrogens (tertiary/aromatic N) is 3. The fraction of sp³-hybridized carbons (Fsp3) is 0.316. The van der Waals surface area contributed by atoms with Crippen molar-refractivity contribution in [3.05, 3.63) is 59.9 Å². The van der Waals surface area contributed by atoms with Crippen LogP contribution >= 0.6 is 0 Å². The number of aryl methyl sites for hydroxylation is 1. The minimum atomic E-state index is -3.48. The van der Waals surface area contributed by atoms with Crippen LogP contribution in [0.5, 0.6) is 0 Å². The van der Waals surface area contributed by atoms with Crippen LogP contribution in [0.3, 0.4) is 0 Å². The largest absolute Gasteiger partial charge is 0.325 e. The number of quaternary nitrogens is 1. The van der Waals surface area contributed by atoms with Crippen molar-refractivity contribution in [3.8, 4) is 0 Å². The van der Waals surface area contributed by atoms with Crippen LogP contribution in [-0.2, 0) is 14.8 Å². The highest BCUT2D eigenvalue weighted by Gasteiger charge is 2.30. The number of rotatable bonds is 6. The molecule has 0 unspecified atom stereocenters. The topological polar surface area (TPSA) is 96.2 Å². The van der Waals surface area contributed by atoms with Crippen LogP contribution in [0.4, 0.5) is 0 Å². The van der Waals surface area contributed by atoms with Crippen LogP contribution < -0.4 is 10.3 Å². The quantitative estimate of drug-likeness (QED) is 0.500. The van der Waals surface area contributed by atoms with Crippen molar-refractivity contribution >= 4 is 22.1 Å². The lowest BCUT2D eigenvalue weighted by molar-refractivity contribution is -0.895. The molecule has 0 aliphatic carbocycles. The summed E-state index contributed by atoms with van der Waals surface area (Å²) in [4.78, 5) is 17.3. The van der Waals surface area contributed by atoms with Crippen molar-refractivity contribution in [2.24, 2.45) is 5.10 Å². The van der Waals surface area contributed by atoms with Gasteiger partial charge in [-0.3, -0.25) is 9.78 Å². The van der Waals surface area contributed by atoms with Gasteiger partial charge in [0, 0.05) is 12.4 Å². The number of nitrogens with one attached hydrogen (secondary N) is 2. The number of piperazine rings is 1. The van der Waals surface area contributed by atoms with E-state index in [1.165, 1.54) is 4.31 Å². The standard InChI is InChI=1S/C19H23N5O3S/c1-16-2-4-18(5-3-16)28(26,27)24-12-10-23(11-13-24)15-19(25)22-21-14-17-6-8-20-9-7-17/h2-9,14H,10-13,15H2,1H3,(H,22,25)/p+1/b21-14+. The molecular weight excluding hydrogens is 378 g/mol. The molecule has 1 amide bonds. The molecule has 8 nitrogen and oxygen atoms in total. The van der Waals surface area contributed by atoms with Gasteiger partial charge in [0.1, 0.15) is 0 Å². The van der Waals surface area contributed by atoms with E-state index in [0.717, 1.165) is 16.0 Å². The first-order chi connectivity index (χ1) is 13.4. The fourth-order valence-corrected chi connectivity index (χ4v) is 4.42. The summed E-state index contributed by atoms with van der Waals surface area (Å²) in [6, 6.07) is 10.4. The lowest BCUT2D eigenvalue weighted by atomic mass is 10.2. The van der Waals surface area contributed by atoms with Crippen molar-refractivity contribution < 1.29 is 18.1 Å². The Balaban J connectivity index is 1.48. The molecule has 0 bridgehead atoms. The van der Waals surface area contributed by atoms with Gasteiger partial charge in [0.25, 0.3) is 5.91 Å². The Hall–Kier alpha value is -2.62. The molecule has 148 valence electrons. The van der Waals surface area contributed by atoms with E-state index in [0.29, 0.717) is 31.1 Å². The molecule has 2 heterocycles. The number of benzene rings is 1. The number of carbonyl (C=O) groups is 1. The summed E-state index contributed by atoms with van der Waals surface area (Å²) in [5.41, 5.74) is 4.37. The molecular formula is C19H24N5O3S+. The molecule has 1 aliphatic rings. The van der Waals surface area contributed by atoms with Gasteiger partial charge in [-0.05, 0) is 36.8 Å². The van der Waals surface area contributed by atoms with Crippen LogP contribution in [-0.4, -0.2) is 62.6 Å². The molecule has 1 aromatic heterocycles. The number of pyridine rings is 1. The second kappa shape index (κ2) is 9.05. The molecule has 0 spiro atoms. The van der Waals surface area contributed by atoms with Gasteiger partial charge < -0.3 is 4.90 Å². The van der Waals surface area contributed by atoms with Crippen molar-refractivity contribution in [2.45, 2.75) is 11.8 Å². The predicted octanol–water partition coefficient (Wildman–Crippen LogP) is -0.570. The fourth-order valence-electron chi connectivity index (χ4n) is 2.97. The summed E-state index contributed by atoms with van der Waals surface area (Å²) < 4.78 is 26.9. The van der Waals surface area contributed by atoms with Gasteiger partial charge in [-0.1, -0.05) is 17.7 Å². The van der Waals surface area contributed by atoms with Crippen molar-refractivity contribution in [1.82, 2.24) is 14.7 Å². The number of carbonyl (C=O) groups excluding carboxylic acids is 1. The predicted molar refractivity (Wildman–Crippen MR) is 105 cm³/mol. The molecule has 9 heteroatoms. The minimum absolute atomic E-state index is 0.199. The molecule has 1 aromatic carbocycles. The maximum absolute atomic E-state index is 12.7. The Morgan fingerprint density at radius 3 is 2.46 bits per heavy atom. The summed E-state index contributed by atoms with van der Waals surface area (Å²) in [5, 5.41) is 3.94. The lowest BCUT2D eigenvalue weighted by Gasteiger charge is -2.31. The van der Waals surface area contributed by atoms with E-state index in [2.05, 4.69) is 15.5 Å². The second-order valence-corrected chi connectivity index (χ2v) is 8.66. The maximum Gasteiger partial charge on any atom is 0.295 e. The Bertz CT molecular complexity index is 922. The summed E-state index contributed by atoms with van der Waals surface area (Å²) >= 11 is 0. The van der Waals surface area contributed by atoms with E-state index in [1.54, 1.807) is 55.0 Å². The van der Waals surface area contributed by atoms with Gasteiger partial charge >= 0.3 is 0 Å². The molecule has 1 saturated heterocycles. The van der Waals surface area contributed by atoms with E-state index in [9.17, 15) is 13.2 Å². The molecule has 1 aliphatic heterocycles. The summed E-state index contributed by atoms with van der Waals surface area (Å²) in [7, 11) is -3.48. The first-order valence-corrected chi connectivity index (χ1v) is 10.5. The zero-order valence-corrected chi connectivity index (χ0v) is 16.5. The van der Waals surface area contributed by atoms with E-state index in [-0.39, 0.29) is 12.5 Å². The average Bonchev–Trinajstić information content (AvgIpc) is 2.69. The highest BCUT2D eigenvalue weighted by Crippen LogP contribution is 2.16. The molecule has 3 rings (SSSR count). The third kappa shape index (κ3) is 5.22. The normalized spacial score (nSPS) is 16.3. The van der Waals surface area contributed by atoms with Gasteiger partial charge in [-0.25, -0.2) is 13.8 Å². The average molecular weight is 403 g/mol. The van der Waals surface area contributed by atoms with Gasteiger partial charge in [0.05, 0.1) is 37.3 Å². The number of hydrogen-bond donors (Lipinski definition) is 2. The highest BCUT2D eigenvalue weighted by molar-refractivity contribution is 7.89. The number of sulfonamides is 1. The number of hydrazone groups is 1. The van der Waals surface area contributed by atoms with E-state index >= 15 is 0 Å². The zero-order chi connectivity index (χ0) is 20.0. The van der Waals surface area contributed by atoms with Gasteiger partial charge in [-0.15, -0.1) is 0 Å². The minimum Gasteiger partial charge on any atom is -0.325 e. The van der Waals surface area contributed by atoms with Gasteiger partial charge in [0.15, 0.2) is 6.54 Å². The maximum atomic E-state index is 12.7. The third-order valence-corrected chi connectivity index (χ3v) is 6.52. The Labute approximate surface area is 164 Å². The summed E-state index contributed by atoms with van der Waals surface area (Å²) in [6.07, 6.45) is 4.86. The van der Waals surface area contributed by atoms with Gasteiger partial charge in [0.2, 0.25) is 10.0 Å². The zero-order valence-electron chi connectivity index (χ0n) is 15.7. The summed E-state index contributed by atoms with van der Waals surface area (Å²) in [5.74, 6) is -0.199. The van der Waals surface area contributed by atoms with E-state index in [1.807, 2.05) is 6.92 Å².